The van der Waals surface area contributed by atoms with E-state index in [2.05, 4.69) is 41.0 Å². The highest BCUT2D eigenvalue weighted by Crippen LogP contribution is 2.22. The van der Waals surface area contributed by atoms with Crippen LogP contribution in [0, 0.1) is 6.92 Å². The Labute approximate surface area is 79.0 Å². The van der Waals surface area contributed by atoms with Gasteiger partial charge in [-0.25, -0.2) is 4.98 Å². The molecule has 2 heterocycles. The van der Waals surface area contributed by atoms with Crippen LogP contribution in [0.25, 0.3) is 0 Å². The quantitative estimate of drug-likeness (QED) is 0.594. The molecular weight excluding hydrogens is 162 g/mol. The first-order valence-corrected chi connectivity index (χ1v) is 4.53. The highest BCUT2D eigenvalue weighted by atomic mass is 15.3. The molecule has 70 valence electrons. The van der Waals surface area contributed by atoms with E-state index in [0.29, 0.717) is 0 Å². The summed E-state index contributed by atoms with van der Waals surface area (Å²) in [5.41, 5.74) is 2.41. The van der Waals surface area contributed by atoms with Gasteiger partial charge in [0.15, 0.2) is 0 Å². The average molecular weight is 177 g/mol. The molecule has 0 radical (unpaired) electrons. The lowest BCUT2D eigenvalue weighted by molar-refractivity contribution is 0.314. The summed E-state index contributed by atoms with van der Waals surface area (Å²) in [6.07, 6.45) is 0. The van der Waals surface area contributed by atoms with Crippen molar-refractivity contribution in [2.45, 2.75) is 13.5 Å². The predicted molar refractivity (Wildman–Crippen MR) is 53.7 cm³/mol. The van der Waals surface area contributed by atoms with Crippen LogP contribution in [0.2, 0.25) is 0 Å². The smallest absolute Gasteiger partial charge is 0.134 e. The lowest BCUT2D eigenvalue weighted by Gasteiger charge is -2.32. The topological polar surface area (TPSA) is 19.4 Å². The van der Waals surface area contributed by atoms with Crippen LogP contribution in [0.15, 0.2) is 12.1 Å². The van der Waals surface area contributed by atoms with Gasteiger partial charge in [0.25, 0.3) is 0 Å². The van der Waals surface area contributed by atoms with Crippen molar-refractivity contribution in [1.82, 2.24) is 9.88 Å². The van der Waals surface area contributed by atoms with Crippen molar-refractivity contribution in [2.75, 3.05) is 25.7 Å². The number of rotatable bonds is 0. The van der Waals surface area contributed by atoms with Gasteiger partial charge < -0.3 is 4.90 Å². The maximum Gasteiger partial charge on any atom is 0.134 e. The third-order valence-corrected chi connectivity index (χ3v) is 2.35. The van der Waals surface area contributed by atoms with Crippen molar-refractivity contribution in [2.24, 2.45) is 0 Å². The van der Waals surface area contributed by atoms with E-state index >= 15 is 0 Å². The van der Waals surface area contributed by atoms with E-state index in [0.717, 1.165) is 24.7 Å². The van der Waals surface area contributed by atoms with Gasteiger partial charge in [-0.3, -0.25) is 4.90 Å². The second-order valence-corrected chi connectivity index (χ2v) is 3.79. The molecule has 1 aliphatic rings. The molecule has 0 bridgehead atoms. The molecule has 0 saturated carbocycles. The van der Waals surface area contributed by atoms with Crippen LogP contribution in [-0.4, -0.2) is 30.6 Å². The van der Waals surface area contributed by atoms with Crippen LogP contribution in [-0.2, 0) is 6.54 Å². The number of hydrogen-bond donors (Lipinski definition) is 0. The Morgan fingerprint density at radius 1 is 1.31 bits per heavy atom. The van der Waals surface area contributed by atoms with Crippen LogP contribution >= 0.6 is 0 Å². The number of pyridine rings is 1. The minimum Gasteiger partial charge on any atom is -0.346 e. The first-order valence-electron chi connectivity index (χ1n) is 4.53. The van der Waals surface area contributed by atoms with Crippen molar-refractivity contribution in [3.63, 3.8) is 0 Å². The number of aryl methyl sites for hydroxylation is 1. The summed E-state index contributed by atoms with van der Waals surface area (Å²) >= 11 is 0. The van der Waals surface area contributed by atoms with E-state index in [1.54, 1.807) is 0 Å². The van der Waals surface area contributed by atoms with Crippen molar-refractivity contribution in [1.29, 1.82) is 0 Å². The minimum atomic E-state index is 0.962. The molecule has 1 aromatic rings. The van der Waals surface area contributed by atoms with E-state index in [4.69, 9.17) is 0 Å². The first-order chi connectivity index (χ1) is 6.16. The van der Waals surface area contributed by atoms with Crippen LogP contribution < -0.4 is 4.90 Å². The van der Waals surface area contributed by atoms with Gasteiger partial charge in [-0.15, -0.1) is 0 Å². The summed E-state index contributed by atoms with van der Waals surface area (Å²) in [6.45, 7) is 4.00. The third kappa shape index (κ3) is 1.52. The molecule has 3 nitrogen and oxygen atoms in total. The van der Waals surface area contributed by atoms with Gasteiger partial charge in [-0.1, -0.05) is 6.07 Å². The Balaban J connectivity index is 2.43. The standard InChI is InChI=1S/C10H15N3/c1-8-4-5-9-6-12(2)7-13(3)10(9)11-8/h4-5H,6-7H2,1-3H3. The van der Waals surface area contributed by atoms with Crippen LogP contribution in [0.3, 0.4) is 0 Å². The van der Waals surface area contributed by atoms with E-state index in [1.165, 1.54) is 5.56 Å². The molecule has 0 fully saturated rings. The molecule has 0 amide bonds. The second kappa shape index (κ2) is 3.00. The lowest BCUT2D eigenvalue weighted by atomic mass is 10.2. The fourth-order valence-corrected chi connectivity index (χ4v) is 1.80. The predicted octanol–water partition coefficient (Wildman–Crippen LogP) is 1.23. The zero-order chi connectivity index (χ0) is 9.42. The van der Waals surface area contributed by atoms with Gasteiger partial charge in [-0.2, -0.15) is 0 Å². The second-order valence-electron chi connectivity index (χ2n) is 3.79. The van der Waals surface area contributed by atoms with E-state index in [-0.39, 0.29) is 0 Å². The maximum absolute atomic E-state index is 4.53. The molecule has 0 atom stereocenters. The Bertz CT molecular complexity index is 322. The molecule has 0 aliphatic carbocycles. The average Bonchev–Trinajstić information content (AvgIpc) is 2.06. The molecule has 1 aliphatic heterocycles. The Morgan fingerprint density at radius 3 is 2.85 bits per heavy atom. The van der Waals surface area contributed by atoms with Crippen LogP contribution in [0.4, 0.5) is 5.82 Å². The molecule has 1 aromatic heterocycles. The lowest BCUT2D eigenvalue weighted by Crippen LogP contribution is -2.38. The monoisotopic (exact) mass is 177 g/mol. The van der Waals surface area contributed by atoms with Gasteiger partial charge in [-0.05, 0) is 20.0 Å². The highest BCUT2D eigenvalue weighted by Gasteiger charge is 2.17. The number of hydrogen-bond acceptors (Lipinski definition) is 3. The molecule has 0 unspecified atom stereocenters. The van der Waals surface area contributed by atoms with Crippen LogP contribution in [0.1, 0.15) is 11.3 Å². The molecule has 0 N–H and O–H groups in total. The SMILES string of the molecule is Cc1ccc2c(n1)N(C)CN(C)C2. The molecule has 0 saturated heterocycles. The van der Waals surface area contributed by atoms with E-state index in [9.17, 15) is 0 Å². The summed E-state index contributed by atoms with van der Waals surface area (Å²) in [6, 6.07) is 4.25. The third-order valence-electron chi connectivity index (χ3n) is 2.35. The summed E-state index contributed by atoms with van der Waals surface area (Å²) in [5.74, 6) is 1.14. The number of anilines is 1. The molecule has 0 spiro atoms. The normalized spacial score (nSPS) is 17.3. The zero-order valence-corrected chi connectivity index (χ0v) is 8.41. The van der Waals surface area contributed by atoms with Crippen molar-refractivity contribution < 1.29 is 0 Å². The molecular formula is C10H15N3. The summed E-state index contributed by atoms with van der Waals surface area (Å²) < 4.78 is 0. The zero-order valence-electron chi connectivity index (χ0n) is 8.41. The summed E-state index contributed by atoms with van der Waals surface area (Å²) in [7, 11) is 4.21. The van der Waals surface area contributed by atoms with Gasteiger partial charge in [0, 0.05) is 24.8 Å². The van der Waals surface area contributed by atoms with Crippen molar-refractivity contribution in [3.05, 3.63) is 23.4 Å². The molecule has 13 heavy (non-hydrogen) atoms. The van der Waals surface area contributed by atoms with Gasteiger partial charge >= 0.3 is 0 Å². The minimum absolute atomic E-state index is 0.962. The Hall–Kier alpha value is -1.09. The van der Waals surface area contributed by atoms with Crippen molar-refractivity contribution >= 4 is 5.82 Å². The maximum atomic E-state index is 4.53. The van der Waals surface area contributed by atoms with E-state index < -0.39 is 0 Å². The summed E-state index contributed by atoms with van der Waals surface area (Å²) in [5, 5.41) is 0. The Kier molecular flexibility index (Phi) is 1.96. The number of fused-ring (bicyclic) bond motifs is 1. The number of aromatic nitrogens is 1. The fourth-order valence-electron chi connectivity index (χ4n) is 1.80. The van der Waals surface area contributed by atoms with Gasteiger partial charge in [0.2, 0.25) is 0 Å². The molecule has 3 heteroatoms. The van der Waals surface area contributed by atoms with Crippen LogP contribution in [0.5, 0.6) is 0 Å². The fraction of sp³-hybridized carbons (Fsp3) is 0.500. The van der Waals surface area contributed by atoms with Crippen molar-refractivity contribution in [3.8, 4) is 0 Å². The first kappa shape index (κ1) is 8.51. The molecule has 0 aromatic carbocycles. The van der Waals surface area contributed by atoms with Gasteiger partial charge in [0.05, 0.1) is 6.67 Å². The largest absolute Gasteiger partial charge is 0.346 e. The highest BCUT2D eigenvalue weighted by molar-refractivity contribution is 5.48. The van der Waals surface area contributed by atoms with E-state index in [1.807, 2.05) is 6.92 Å². The molecule has 2 rings (SSSR count). The summed E-state index contributed by atoms with van der Waals surface area (Å²) in [4.78, 5) is 8.99. The Morgan fingerprint density at radius 2 is 2.08 bits per heavy atom. The van der Waals surface area contributed by atoms with Gasteiger partial charge in [0.1, 0.15) is 5.82 Å². The number of nitrogens with zero attached hydrogens (tertiary/aromatic N) is 3.